The molecule has 7 heteroatoms. The van der Waals surface area contributed by atoms with Crippen molar-refractivity contribution in [3.63, 3.8) is 0 Å². The first-order chi connectivity index (χ1) is 12.4. The zero-order valence-corrected chi connectivity index (χ0v) is 15.4. The van der Waals surface area contributed by atoms with Crippen LogP contribution >= 0.6 is 0 Å². The highest BCUT2D eigenvalue weighted by Crippen LogP contribution is 2.17. The van der Waals surface area contributed by atoms with Crippen LogP contribution in [0.4, 0.5) is 9.18 Å². The van der Waals surface area contributed by atoms with Crippen molar-refractivity contribution in [2.24, 2.45) is 0 Å². The Morgan fingerprint density at radius 2 is 2.27 bits per heavy atom. The molecule has 3 rings (SSSR count). The van der Waals surface area contributed by atoms with E-state index in [0.29, 0.717) is 31.8 Å². The molecule has 26 heavy (non-hydrogen) atoms. The van der Waals surface area contributed by atoms with Gasteiger partial charge in [-0.3, -0.25) is 4.68 Å². The monoisotopic (exact) mass is 360 g/mol. The fraction of sp³-hybridized carbons (Fsp3) is 0.474. The Labute approximate surface area is 152 Å². The van der Waals surface area contributed by atoms with Gasteiger partial charge in [-0.05, 0) is 43.5 Å². The second-order valence-electron chi connectivity index (χ2n) is 6.86. The van der Waals surface area contributed by atoms with Gasteiger partial charge in [0, 0.05) is 12.7 Å². The van der Waals surface area contributed by atoms with Gasteiger partial charge in [0.1, 0.15) is 5.82 Å². The molecule has 2 heterocycles. The number of nitrogens with one attached hydrogen (secondary N) is 1. The topological polar surface area (TPSA) is 59.4 Å². The Bertz CT molecular complexity index is 777. The van der Waals surface area contributed by atoms with Crippen molar-refractivity contribution in [3.05, 3.63) is 53.1 Å². The summed E-state index contributed by atoms with van der Waals surface area (Å²) in [7, 11) is 0. The lowest BCUT2D eigenvalue weighted by Crippen LogP contribution is -2.51. The standard InChI is InChI=1S/C19H25FN4O2/c1-13-9-21-24(10-13)12-17-11-23(6-7-26-17)19(25)22-15(3)16-5-4-14(2)18(20)8-16/h4-5,8-10,15,17H,6-7,11-12H2,1-3H3,(H,22,25). The lowest BCUT2D eigenvalue weighted by atomic mass is 10.1. The molecule has 1 aromatic heterocycles. The molecule has 2 aromatic rings. The third kappa shape index (κ3) is 4.40. The van der Waals surface area contributed by atoms with Crippen molar-refractivity contribution < 1.29 is 13.9 Å². The molecule has 0 radical (unpaired) electrons. The minimum atomic E-state index is -0.271. The number of hydrogen-bond acceptors (Lipinski definition) is 3. The van der Waals surface area contributed by atoms with Gasteiger partial charge in [0.15, 0.2) is 0 Å². The quantitative estimate of drug-likeness (QED) is 0.912. The molecule has 2 unspecified atom stereocenters. The summed E-state index contributed by atoms with van der Waals surface area (Å²) in [6, 6.07) is 4.61. The van der Waals surface area contributed by atoms with Crippen LogP contribution in [0.3, 0.4) is 0 Å². The SMILES string of the molecule is Cc1cnn(CC2CN(C(=O)NC(C)c3ccc(C)c(F)c3)CCO2)c1. The van der Waals surface area contributed by atoms with Gasteiger partial charge in [0.05, 0.1) is 38.0 Å². The van der Waals surface area contributed by atoms with Crippen LogP contribution < -0.4 is 5.32 Å². The molecule has 6 nitrogen and oxygen atoms in total. The molecule has 1 aliphatic rings. The van der Waals surface area contributed by atoms with Crippen LogP contribution in [0.25, 0.3) is 0 Å². The third-order valence-corrected chi connectivity index (χ3v) is 4.61. The highest BCUT2D eigenvalue weighted by Gasteiger charge is 2.25. The zero-order chi connectivity index (χ0) is 18.7. The van der Waals surface area contributed by atoms with Crippen LogP contribution in [0.15, 0.2) is 30.6 Å². The molecule has 2 amide bonds. The maximum absolute atomic E-state index is 13.7. The maximum Gasteiger partial charge on any atom is 0.318 e. The average Bonchev–Trinajstić information content (AvgIpc) is 3.02. The lowest BCUT2D eigenvalue weighted by molar-refractivity contribution is -0.0240. The van der Waals surface area contributed by atoms with E-state index in [0.717, 1.165) is 11.1 Å². The molecule has 1 saturated heterocycles. The predicted octanol–water partition coefficient (Wildman–Crippen LogP) is 2.81. The first-order valence-corrected chi connectivity index (χ1v) is 8.84. The molecule has 1 fully saturated rings. The van der Waals surface area contributed by atoms with Gasteiger partial charge in [-0.25, -0.2) is 9.18 Å². The second-order valence-corrected chi connectivity index (χ2v) is 6.86. The first-order valence-electron chi connectivity index (χ1n) is 8.84. The van der Waals surface area contributed by atoms with Gasteiger partial charge in [0.2, 0.25) is 0 Å². The minimum Gasteiger partial charge on any atom is -0.373 e. The van der Waals surface area contributed by atoms with Crippen molar-refractivity contribution in [2.75, 3.05) is 19.7 Å². The number of benzene rings is 1. The van der Waals surface area contributed by atoms with E-state index in [1.165, 1.54) is 6.07 Å². The highest BCUT2D eigenvalue weighted by atomic mass is 19.1. The van der Waals surface area contributed by atoms with Gasteiger partial charge in [-0.2, -0.15) is 5.10 Å². The lowest BCUT2D eigenvalue weighted by Gasteiger charge is -2.33. The Morgan fingerprint density at radius 1 is 1.46 bits per heavy atom. The molecule has 1 N–H and O–H groups in total. The van der Waals surface area contributed by atoms with E-state index in [4.69, 9.17) is 4.74 Å². The van der Waals surface area contributed by atoms with E-state index in [9.17, 15) is 9.18 Å². The Morgan fingerprint density at radius 3 is 2.96 bits per heavy atom. The smallest absolute Gasteiger partial charge is 0.318 e. The van der Waals surface area contributed by atoms with E-state index < -0.39 is 0 Å². The molecule has 140 valence electrons. The molecule has 0 spiro atoms. The van der Waals surface area contributed by atoms with E-state index in [2.05, 4.69) is 10.4 Å². The third-order valence-electron chi connectivity index (χ3n) is 4.61. The summed E-state index contributed by atoms with van der Waals surface area (Å²) < 4.78 is 21.3. The molecule has 1 aliphatic heterocycles. The predicted molar refractivity (Wildman–Crippen MR) is 96.4 cm³/mol. The number of amides is 2. The van der Waals surface area contributed by atoms with E-state index >= 15 is 0 Å². The minimum absolute atomic E-state index is 0.0964. The van der Waals surface area contributed by atoms with Crippen molar-refractivity contribution in [1.82, 2.24) is 20.0 Å². The van der Waals surface area contributed by atoms with Crippen LogP contribution in [-0.2, 0) is 11.3 Å². The highest BCUT2D eigenvalue weighted by molar-refractivity contribution is 5.74. The summed E-state index contributed by atoms with van der Waals surface area (Å²) in [5.74, 6) is -0.260. The largest absolute Gasteiger partial charge is 0.373 e. The van der Waals surface area contributed by atoms with Crippen LogP contribution in [0.1, 0.15) is 29.7 Å². The van der Waals surface area contributed by atoms with E-state index in [-0.39, 0.29) is 24.0 Å². The molecule has 1 aromatic carbocycles. The number of halogens is 1. The van der Waals surface area contributed by atoms with Crippen LogP contribution in [0, 0.1) is 19.7 Å². The van der Waals surface area contributed by atoms with Crippen LogP contribution in [-0.4, -0.2) is 46.5 Å². The Hall–Kier alpha value is -2.41. The number of hydrogen-bond donors (Lipinski definition) is 1. The number of aryl methyl sites for hydroxylation is 2. The molecule has 0 saturated carbocycles. The van der Waals surface area contributed by atoms with Crippen LogP contribution in [0.5, 0.6) is 0 Å². The fourth-order valence-corrected chi connectivity index (χ4v) is 3.03. The van der Waals surface area contributed by atoms with Crippen molar-refractivity contribution in [3.8, 4) is 0 Å². The second kappa shape index (κ2) is 7.86. The van der Waals surface area contributed by atoms with Gasteiger partial charge in [-0.1, -0.05) is 12.1 Å². The van der Waals surface area contributed by atoms with Crippen molar-refractivity contribution in [2.45, 2.75) is 39.5 Å². The summed E-state index contributed by atoms with van der Waals surface area (Å²) >= 11 is 0. The molecule has 0 bridgehead atoms. The number of morpholine rings is 1. The molecule has 2 atom stereocenters. The summed E-state index contributed by atoms with van der Waals surface area (Å²) in [6.45, 7) is 7.70. The van der Waals surface area contributed by atoms with E-state index in [1.807, 2.05) is 30.8 Å². The number of carbonyl (C=O) groups excluding carboxylic acids is 1. The fourth-order valence-electron chi connectivity index (χ4n) is 3.03. The average molecular weight is 360 g/mol. The Balaban J connectivity index is 1.57. The number of urea groups is 1. The van der Waals surface area contributed by atoms with Crippen molar-refractivity contribution >= 4 is 6.03 Å². The van der Waals surface area contributed by atoms with Gasteiger partial charge in [0.25, 0.3) is 0 Å². The van der Waals surface area contributed by atoms with E-state index in [1.54, 1.807) is 24.1 Å². The molecule has 0 aliphatic carbocycles. The summed E-state index contributed by atoms with van der Waals surface area (Å²) in [4.78, 5) is 14.3. The zero-order valence-electron chi connectivity index (χ0n) is 15.4. The number of aromatic nitrogens is 2. The first kappa shape index (κ1) is 18.4. The normalized spacial score (nSPS) is 18.6. The van der Waals surface area contributed by atoms with Gasteiger partial charge < -0.3 is 15.0 Å². The van der Waals surface area contributed by atoms with Gasteiger partial charge in [-0.15, -0.1) is 0 Å². The summed E-state index contributed by atoms with van der Waals surface area (Å²) in [5, 5.41) is 7.21. The molecular weight excluding hydrogens is 335 g/mol. The molecular formula is C19H25FN4O2. The number of ether oxygens (including phenoxy) is 1. The number of carbonyl (C=O) groups is 1. The van der Waals surface area contributed by atoms with Crippen molar-refractivity contribution in [1.29, 1.82) is 0 Å². The number of rotatable bonds is 4. The van der Waals surface area contributed by atoms with Crippen LogP contribution in [0.2, 0.25) is 0 Å². The Kier molecular flexibility index (Phi) is 5.56. The maximum atomic E-state index is 13.7. The van der Waals surface area contributed by atoms with Gasteiger partial charge >= 0.3 is 6.03 Å². The summed E-state index contributed by atoms with van der Waals surface area (Å²) in [6.07, 6.45) is 3.66. The summed E-state index contributed by atoms with van der Waals surface area (Å²) in [5.41, 5.74) is 2.44. The number of nitrogens with zero attached hydrogens (tertiary/aromatic N) is 3.